The Hall–Kier alpha value is -2.08. The Morgan fingerprint density at radius 3 is 2.65 bits per heavy atom. The van der Waals surface area contributed by atoms with Crippen molar-refractivity contribution in [1.82, 2.24) is 9.88 Å². The van der Waals surface area contributed by atoms with Crippen LogP contribution in [0.2, 0.25) is 5.02 Å². The Labute approximate surface area is 162 Å². The Bertz CT molecular complexity index is 916. The number of aromatic carboxylic acids is 1. The SMILES string of the molecule is Cc1c(CNCc2cccs2)c(C(=O)O)c(C)n1Cc1cccc(Cl)c1. The highest BCUT2D eigenvalue weighted by Crippen LogP contribution is 2.24. The first-order chi connectivity index (χ1) is 12.5. The average molecular weight is 389 g/mol. The maximum atomic E-state index is 11.8. The lowest BCUT2D eigenvalue weighted by atomic mass is 10.1. The minimum Gasteiger partial charge on any atom is -0.478 e. The molecule has 0 aliphatic heterocycles. The summed E-state index contributed by atoms with van der Waals surface area (Å²) in [5.41, 5.74) is 4.02. The number of hydrogen-bond donors (Lipinski definition) is 2. The number of carboxylic acids is 1. The zero-order valence-electron chi connectivity index (χ0n) is 14.8. The number of carbonyl (C=O) groups is 1. The third-order valence-electron chi connectivity index (χ3n) is 4.53. The molecule has 0 bridgehead atoms. The van der Waals surface area contributed by atoms with E-state index in [2.05, 4.69) is 16.0 Å². The van der Waals surface area contributed by atoms with Crippen LogP contribution >= 0.6 is 22.9 Å². The van der Waals surface area contributed by atoms with E-state index < -0.39 is 5.97 Å². The zero-order valence-corrected chi connectivity index (χ0v) is 16.3. The van der Waals surface area contributed by atoms with Gasteiger partial charge in [-0.1, -0.05) is 29.8 Å². The molecule has 0 spiro atoms. The van der Waals surface area contributed by atoms with Crippen molar-refractivity contribution < 1.29 is 9.90 Å². The largest absolute Gasteiger partial charge is 0.478 e. The van der Waals surface area contributed by atoms with E-state index in [0.717, 1.165) is 29.1 Å². The smallest absolute Gasteiger partial charge is 0.337 e. The van der Waals surface area contributed by atoms with Gasteiger partial charge in [0.05, 0.1) is 5.56 Å². The third kappa shape index (κ3) is 4.01. The predicted octanol–water partition coefficient (Wildman–Crippen LogP) is 4.86. The number of hydrogen-bond acceptors (Lipinski definition) is 3. The van der Waals surface area contributed by atoms with Gasteiger partial charge in [-0.25, -0.2) is 4.79 Å². The van der Waals surface area contributed by atoms with E-state index in [1.165, 1.54) is 4.88 Å². The molecular formula is C20H21ClN2O2S. The number of carboxylic acid groups (broad SMARTS) is 1. The minimum absolute atomic E-state index is 0.392. The van der Waals surface area contributed by atoms with Crippen molar-refractivity contribution in [3.8, 4) is 0 Å². The van der Waals surface area contributed by atoms with Crippen LogP contribution in [0.4, 0.5) is 0 Å². The normalized spacial score (nSPS) is 11.0. The van der Waals surface area contributed by atoms with Crippen LogP contribution in [0.15, 0.2) is 41.8 Å². The number of thiophene rings is 1. The molecular weight excluding hydrogens is 368 g/mol. The van der Waals surface area contributed by atoms with Crippen molar-refractivity contribution in [1.29, 1.82) is 0 Å². The Morgan fingerprint density at radius 2 is 2.00 bits per heavy atom. The van der Waals surface area contributed by atoms with Crippen LogP contribution in [0.3, 0.4) is 0 Å². The predicted molar refractivity (Wildman–Crippen MR) is 106 cm³/mol. The molecule has 2 heterocycles. The van der Waals surface area contributed by atoms with Gasteiger partial charge in [-0.3, -0.25) is 0 Å². The highest BCUT2D eigenvalue weighted by Gasteiger charge is 2.22. The molecule has 136 valence electrons. The average Bonchev–Trinajstić information content (AvgIpc) is 3.18. The first-order valence-electron chi connectivity index (χ1n) is 8.36. The maximum Gasteiger partial charge on any atom is 0.337 e. The lowest BCUT2D eigenvalue weighted by Crippen LogP contribution is -2.15. The van der Waals surface area contributed by atoms with E-state index >= 15 is 0 Å². The van der Waals surface area contributed by atoms with Crippen LogP contribution in [-0.2, 0) is 19.6 Å². The fourth-order valence-corrected chi connectivity index (χ4v) is 4.12. The summed E-state index contributed by atoms with van der Waals surface area (Å²) < 4.78 is 2.05. The summed E-state index contributed by atoms with van der Waals surface area (Å²) in [7, 11) is 0. The van der Waals surface area contributed by atoms with Crippen molar-refractivity contribution in [2.24, 2.45) is 0 Å². The summed E-state index contributed by atoms with van der Waals surface area (Å²) in [5, 5.41) is 15.8. The molecule has 1 aromatic carbocycles. The fourth-order valence-electron chi connectivity index (χ4n) is 3.23. The van der Waals surface area contributed by atoms with Crippen LogP contribution in [-0.4, -0.2) is 15.6 Å². The second-order valence-corrected chi connectivity index (χ2v) is 7.70. The molecule has 0 radical (unpaired) electrons. The van der Waals surface area contributed by atoms with E-state index in [0.29, 0.717) is 23.7 Å². The number of rotatable bonds is 7. The number of aromatic nitrogens is 1. The maximum absolute atomic E-state index is 11.8. The molecule has 2 N–H and O–H groups in total. The van der Waals surface area contributed by atoms with Crippen LogP contribution in [0.1, 0.15) is 37.7 Å². The molecule has 0 amide bonds. The molecule has 3 rings (SSSR count). The Kier molecular flexibility index (Phi) is 5.81. The van der Waals surface area contributed by atoms with Gasteiger partial charge in [0.2, 0.25) is 0 Å². The van der Waals surface area contributed by atoms with E-state index in [1.807, 2.05) is 49.6 Å². The van der Waals surface area contributed by atoms with Gasteiger partial charge in [-0.15, -0.1) is 11.3 Å². The lowest BCUT2D eigenvalue weighted by molar-refractivity contribution is 0.0694. The summed E-state index contributed by atoms with van der Waals surface area (Å²) in [6.45, 7) is 5.70. The summed E-state index contributed by atoms with van der Waals surface area (Å²) in [6.07, 6.45) is 0. The summed E-state index contributed by atoms with van der Waals surface area (Å²) in [5.74, 6) is -0.886. The monoisotopic (exact) mass is 388 g/mol. The highest BCUT2D eigenvalue weighted by molar-refractivity contribution is 7.09. The number of nitrogens with zero attached hydrogens (tertiary/aromatic N) is 1. The molecule has 0 saturated carbocycles. The quantitative estimate of drug-likeness (QED) is 0.608. The topological polar surface area (TPSA) is 54.3 Å². The molecule has 0 aliphatic rings. The highest BCUT2D eigenvalue weighted by atomic mass is 35.5. The fraction of sp³-hybridized carbons (Fsp3) is 0.250. The van der Waals surface area contributed by atoms with Crippen molar-refractivity contribution in [3.05, 3.63) is 79.8 Å². The number of benzene rings is 1. The third-order valence-corrected chi connectivity index (χ3v) is 5.65. The molecule has 0 aliphatic carbocycles. The second kappa shape index (κ2) is 8.08. The van der Waals surface area contributed by atoms with Gasteiger partial charge in [0.1, 0.15) is 0 Å². The van der Waals surface area contributed by atoms with Crippen molar-refractivity contribution in [3.63, 3.8) is 0 Å². The van der Waals surface area contributed by atoms with Crippen LogP contribution < -0.4 is 5.32 Å². The van der Waals surface area contributed by atoms with Crippen molar-refractivity contribution >= 4 is 28.9 Å². The zero-order chi connectivity index (χ0) is 18.7. The van der Waals surface area contributed by atoms with Gasteiger partial charge >= 0.3 is 5.97 Å². The molecule has 4 nitrogen and oxygen atoms in total. The molecule has 0 atom stereocenters. The number of nitrogens with one attached hydrogen (secondary N) is 1. The molecule has 0 unspecified atom stereocenters. The van der Waals surface area contributed by atoms with E-state index in [1.54, 1.807) is 11.3 Å². The Morgan fingerprint density at radius 1 is 1.19 bits per heavy atom. The van der Waals surface area contributed by atoms with Gasteiger partial charge in [0.25, 0.3) is 0 Å². The van der Waals surface area contributed by atoms with E-state index in [-0.39, 0.29) is 0 Å². The molecule has 0 fully saturated rings. The van der Waals surface area contributed by atoms with Gasteiger partial charge in [-0.05, 0) is 43.0 Å². The van der Waals surface area contributed by atoms with Crippen LogP contribution in [0.5, 0.6) is 0 Å². The van der Waals surface area contributed by atoms with Gasteiger partial charge in [0.15, 0.2) is 0 Å². The van der Waals surface area contributed by atoms with Crippen molar-refractivity contribution in [2.75, 3.05) is 0 Å². The van der Waals surface area contributed by atoms with Crippen LogP contribution in [0, 0.1) is 13.8 Å². The molecule has 26 heavy (non-hydrogen) atoms. The molecule has 6 heteroatoms. The minimum atomic E-state index is -0.886. The van der Waals surface area contributed by atoms with E-state index in [9.17, 15) is 9.90 Å². The van der Waals surface area contributed by atoms with Gasteiger partial charge < -0.3 is 15.0 Å². The van der Waals surface area contributed by atoms with Gasteiger partial charge in [-0.2, -0.15) is 0 Å². The van der Waals surface area contributed by atoms with Crippen LogP contribution in [0.25, 0.3) is 0 Å². The lowest BCUT2D eigenvalue weighted by Gasteiger charge is -2.10. The molecule has 3 aromatic rings. The van der Waals surface area contributed by atoms with Gasteiger partial charge in [0, 0.05) is 46.5 Å². The Balaban J connectivity index is 1.87. The molecule has 0 saturated heterocycles. The number of halogens is 1. The summed E-state index contributed by atoms with van der Waals surface area (Å²) in [6, 6.07) is 11.7. The standard InChI is InChI=1S/C20H21ClN2O2S/c1-13-18(11-22-10-17-7-4-8-26-17)19(20(24)25)14(2)23(13)12-15-5-3-6-16(21)9-15/h3-9,22H,10-12H2,1-2H3,(H,24,25). The van der Waals surface area contributed by atoms with Crippen molar-refractivity contribution in [2.45, 2.75) is 33.5 Å². The second-order valence-electron chi connectivity index (χ2n) is 6.23. The summed E-state index contributed by atoms with van der Waals surface area (Å²) >= 11 is 7.77. The molecule has 2 aromatic heterocycles. The summed E-state index contributed by atoms with van der Waals surface area (Å²) in [4.78, 5) is 13.1. The van der Waals surface area contributed by atoms with E-state index in [4.69, 9.17) is 11.6 Å². The first kappa shape index (κ1) is 18.7. The first-order valence-corrected chi connectivity index (χ1v) is 9.62.